The van der Waals surface area contributed by atoms with Crippen molar-refractivity contribution in [2.45, 2.75) is 6.54 Å². The van der Waals surface area contributed by atoms with Crippen molar-refractivity contribution in [1.29, 1.82) is 0 Å². The first-order valence-electron chi connectivity index (χ1n) is 9.21. The SMILES string of the molecule is O=C(NCCNCc1ccccc1F)c1sccc1Nc1ccnc2[nH]ccc12. The Balaban J connectivity index is 1.31. The molecule has 0 bridgehead atoms. The average Bonchev–Trinajstić information content (AvgIpc) is 3.39. The third-order valence-electron chi connectivity index (χ3n) is 4.46. The van der Waals surface area contributed by atoms with E-state index in [1.165, 1.54) is 17.4 Å². The second kappa shape index (κ2) is 8.85. The highest BCUT2D eigenvalue weighted by molar-refractivity contribution is 7.12. The van der Waals surface area contributed by atoms with E-state index in [9.17, 15) is 9.18 Å². The molecule has 4 N–H and O–H groups in total. The number of nitrogens with zero attached hydrogens (tertiary/aromatic N) is 1. The van der Waals surface area contributed by atoms with Crippen LogP contribution in [0, 0.1) is 5.82 Å². The van der Waals surface area contributed by atoms with Crippen molar-refractivity contribution in [3.63, 3.8) is 0 Å². The van der Waals surface area contributed by atoms with E-state index in [4.69, 9.17) is 0 Å². The summed E-state index contributed by atoms with van der Waals surface area (Å²) >= 11 is 1.38. The minimum absolute atomic E-state index is 0.144. The topological polar surface area (TPSA) is 81.8 Å². The van der Waals surface area contributed by atoms with Crippen LogP contribution < -0.4 is 16.0 Å². The number of carbonyl (C=O) groups excluding carboxylic acids is 1. The highest BCUT2D eigenvalue weighted by Gasteiger charge is 2.14. The Morgan fingerprint density at radius 3 is 2.90 bits per heavy atom. The zero-order chi connectivity index (χ0) is 20.1. The minimum atomic E-state index is -0.231. The van der Waals surface area contributed by atoms with Gasteiger partial charge in [-0.15, -0.1) is 11.3 Å². The number of amides is 1. The Labute approximate surface area is 171 Å². The lowest BCUT2D eigenvalue weighted by Crippen LogP contribution is -2.31. The van der Waals surface area contributed by atoms with Gasteiger partial charge in [0.25, 0.3) is 5.91 Å². The number of rotatable bonds is 8. The number of anilines is 2. The second-order valence-corrected chi connectivity index (χ2v) is 7.33. The summed E-state index contributed by atoms with van der Waals surface area (Å²) in [6, 6.07) is 12.4. The van der Waals surface area contributed by atoms with Crippen molar-refractivity contribution in [3.05, 3.63) is 76.5 Å². The molecule has 0 aliphatic heterocycles. The smallest absolute Gasteiger partial charge is 0.263 e. The van der Waals surface area contributed by atoms with Crippen LogP contribution in [-0.4, -0.2) is 29.0 Å². The van der Waals surface area contributed by atoms with Gasteiger partial charge in [-0.2, -0.15) is 0 Å². The van der Waals surface area contributed by atoms with E-state index in [1.54, 1.807) is 24.4 Å². The largest absolute Gasteiger partial charge is 0.354 e. The van der Waals surface area contributed by atoms with Gasteiger partial charge in [0.1, 0.15) is 16.3 Å². The minimum Gasteiger partial charge on any atom is -0.354 e. The molecule has 4 aromatic rings. The molecule has 0 atom stereocenters. The van der Waals surface area contributed by atoms with Crippen LogP contribution in [0.4, 0.5) is 15.8 Å². The molecule has 0 aliphatic carbocycles. The van der Waals surface area contributed by atoms with Gasteiger partial charge in [0, 0.05) is 43.0 Å². The molecule has 0 radical (unpaired) electrons. The number of nitrogens with one attached hydrogen (secondary N) is 4. The molecule has 8 heteroatoms. The molecule has 0 saturated carbocycles. The summed E-state index contributed by atoms with van der Waals surface area (Å²) in [5, 5.41) is 12.2. The fourth-order valence-corrected chi connectivity index (χ4v) is 3.77. The number of halogens is 1. The molecule has 0 fully saturated rings. The van der Waals surface area contributed by atoms with Gasteiger partial charge in [0.05, 0.1) is 11.4 Å². The zero-order valence-corrected chi connectivity index (χ0v) is 16.4. The maximum atomic E-state index is 13.6. The number of hydrogen-bond acceptors (Lipinski definition) is 5. The Morgan fingerprint density at radius 1 is 1.10 bits per heavy atom. The maximum absolute atomic E-state index is 13.6. The van der Waals surface area contributed by atoms with E-state index in [-0.39, 0.29) is 11.7 Å². The molecular weight excluding hydrogens is 389 g/mol. The molecule has 0 aliphatic rings. The molecular formula is C21H20FN5OS. The summed E-state index contributed by atoms with van der Waals surface area (Å²) in [5.41, 5.74) is 3.03. The van der Waals surface area contributed by atoms with Crippen LogP contribution in [0.15, 0.2) is 60.2 Å². The molecule has 3 heterocycles. The Morgan fingerprint density at radius 2 is 2.00 bits per heavy atom. The third-order valence-corrected chi connectivity index (χ3v) is 5.37. The van der Waals surface area contributed by atoms with E-state index >= 15 is 0 Å². The number of H-pyrrole nitrogens is 1. The van der Waals surface area contributed by atoms with Crippen LogP contribution >= 0.6 is 11.3 Å². The first kappa shape index (κ1) is 19.1. The van der Waals surface area contributed by atoms with Crippen LogP contribution in [0.5, 0.6) is 0 Å². The first-order valence-corrected chi connectivity index (χ1v) is 10.1. The number of fused-ring (bicyclic) bond motifs is 1. The van der Waals surface area contributed by atoms with Crippen LogP contribution in [0.25, 0.3) is 11.0 Å². The van der Waals surface area contributed by atoms with Gasteiger partial charge in [-0.05, 0) is 29.6 Å². The molecule has 0 saturated heterocycles. The number of pyridine rings is 1. The Kier molecular flexibility index (Phi) is 5.83. The summed E-state index contributed by atoms with van der Waals surface area (Å²) in [6.45, 7) is 1.41. The predicted molar refractivity (Wildman–Crippen MR) is 114 cm³/mol. The number of benzene rings is 1. The second-order valence-electron chi connectivity index (χ2n) is 6.41. The lowest BCUT2D eigenvalue weighted by Gasteiger charge is -2.10. The van der Waals surface area contributed by atoms with Crippen molar-refractivity contribution in [1.82, 2.24) is 20.6 Å². The Hall–Kier alpha value is -3.23. The average molecular weight is 409 g/mol. The highest BCUT2D eigenvalue weighted by atomic mass is 32.1. The molecule has 4 rings (SSSR count). The first-order chi connectivity index (χ1) is 14.2. The lowest BCUT2D eigenvalue weighted by atomic mass is 10.2. The molecule has 6 nitrogen and oxygen atoms in total. The summed E-state index contributed by atoms with van der Waals surface area (Å²) < 4.78 is 13.6. The fraction of sp³-hybridized carbons (Fsp3) is 0.143. The van der Waals surface area contributed by atoms with Crippen LogP contribution in [0.2, 0.25) is 0 Å². The van der Waals surface area contributed by atoms with Gasteiger partial charge < -0.3 is 20.9 Å². The van der Waals surface area contributed by atoms with Gasteiger partial charge in [-0.3, -0.25) is 4.79 Å². The summed E-state index contributed by atoms with van der Waals surface area (Å²) in [5.74, 6) is -0.375. The van der Waals surface area contributed by atoms with E-state index < -0.39 is 0 Å². The van der Waals surface area contributed by atoms with Gasteiger partial charge in [0.15, 0.2) is 0 Å². The van der Waals surface area contributed by atoms with Gasteiger partial charge in [-0.25, -0.2) is 9.37 Å². The zero-order valence-electron chi connectivity index (χ0n) is 15.5. The van der Waals surface area contributed by atoms with Crippen molar-refractivity contribution >= 4 is 39.7 Å². The molecule has 1 amide bonds. The van der Waals surface area contributed by atoms with E-state index in [0.29, 0.717) is 30.1 Å². The number of hydrogen-bond donors (Lipinski definition) is 4. The van der Waals surface area contributed by atoms with Crippen LogP contribution in [0.1, 0.15) is 15.2 Å². The number of carbonyl (C=O) groups is 1. The monoisotopic (exact) mass is 409 g/mol. The standard InChI is InChI=1S/C21H20FN5OS/c22-16-4-2-1-3-14(16)13-23-10-11-26-21(28)19-18(7-12-29-19)27-17-6-9-25-20-15(17)5-8-24-20/h1-9,12,23H,10-11,13H2,(H,26,28)(H2,24,25,27). The molecule has 3 aromatic heterocycles. The number of thiophene rings is 1. The quantitative estimate of drug-likeness (QED) is 0.331. The van der Waals surface area contributed by atoms with E-state index in [2.05, 4.69) is 25.9 Å². The van der Waals surface area contributed by atoms with E-state index in [1.807, 2.05) is 29.8 Å². The molecule has 1 aromatic carbocycles. The third kappa shape index (κ3) is 4.44. The fourth-order valence-electron chi connectivity index (χ4n) is 3.01. The van der Waals surface area contributed by atoms with Crippen molar-refractivity contribution in [2.24, 2.45) is 0 Å². The number of aromatic nitrogens is 2. The van der Waals surface area contributed by atoms with Crippen LogP contribution in [-0.2, 0) is 6.54 Å². The molecule has 29 heavy (non-hydrogen) atoms. The van der Waals surface area contributed by atoms with E-state index in [0.717, 1.165) is 22.4 Å². The lowest BCUT2D eigenvalue weighted by molar-refractivity contribution is 0.0958. The van der Waals surface area contributed by atoms with Crippen molar-refractivity contribution in [3.8, 4) is 0 Å². The van der Waals surface area contributed by atoms with Gasteiger partial charge in [-0.1, -0.05) is 18.2 Å². The van der Waals surface area contributed by atoms with Gasteiger partial charge in [0.2, 0.25) is 0 Å². The predicted octanol–water partition coefficient (Wildman–Crippen LogP) is 4.03. The molecule has 0 unspecified atom stereocenters. The maximum Gasteiger partial charge on any atom is 0.263 e. The summed E-state index contributed by atoms with van der Waals surface area (Å²) in [4.78, 5) is 20.5. The summed E-state index contributed by atoms with van der Waals surface area (Å²) in [7, 11) is 0. The highest BCUT2D eigenvalue weighted by Crippen LogP contribution is 2.29. The normalized spacial score (nSPS) is 10.9. The molecule has 148 valence electrons. The van der Waals surface area contributed by atoms with Gasteiger partial charge >= 0.3 is 0 Å². The molecule has 0 spiro atoms. The Bertz CT molecular complexity index is 1120. The van der Waals surface area contributed by atoms with Crippen molar-refractivity contribution < 1.29 is 9.18 Å². The van der Waals surface area contributed by atoms with Crippen LogP contribution in [0.3, 0.4) is 0 Å². The van der Waals surface area contributed by atoms with Crippen molar-refractivity contribution in [2.75, 3.05) is 18.4 Å². The number of aromatic amines is 1. The summed E-state index contributed by atoms with van der Waals surface area (Å²) in [6.07, 6.45) is 3.55.